The van der Waals surface area contributed by atoms with Gasteiger partial charge in [-0.25, -0.2) is 0 Å². The minimum Gasteiger partial charge on any atom is -0.353 e. The molecule has 2 amide bonds. The first-order chi connectivity index (χ1) is 11.0. The van der Waals surface area contributed by atoms with E-state index >= 15 is 0 Å². The number of carbonyl (C=O) groups excluding carboxylic acids is 2. The Morgan fingerprint density at radius 2 is 1.83 bits per heavy atom. The molecule has 2 rings (SSSR count). The summed E-state index contributed by atoms with van der Waals surface area (Å²) in [6.45, 7) is 5.79. The zero-order chi connectivity index (χ0) is 16.9. The largest absolute Gasteiger partial charge is 0.353 e. The summed E-state index contributed by atoms with van der Waals surface area (Å²) in [6, 6.07) is 2.21. The molecular formula is C18H29N3O2. The fraction of sp³-hybridized carbons (Fsp3) is 0.833. The number of hydrogen-bond donors (Lipinski definition) is 1. The van der Waals surface area contributed by atoms with Crippen LogP contribution in [0.5, 0.6) is 0 Å². The molecule has 5 nitrogen and oxygen atoms in total. The van der Waals surface area contributed by atoms with E-state index in [0.29, 0.717) is 37.4 Å². The van der Waals surface area contributed by atoms with Crippen molar-refractivity contribution in [1.29, 1.82) is 5.26 Å². The van der Waals surface area contributed by atoms with Gasteiger partial charge in [0.1, 0.15) is 6.42 Å². The van der Waals surface area contributed by atoms with E-state index in [2.05, 4.69) is 19.2 Å². The number of nitriles is 1. The number of likely N-dealkylation sites (tertiary alicyclic amines) is 1. The minimum atomic E-state index is -0.113. The van der Waals surface area contributed by atoms with Gasteiger partial charge < -0.3 is 10.2 Å². The number of piperidine rings is 1. The smallest absolute Gasteiger partial charge is 0.236 e. The molecule has 0 aromatic carbocycles. The summed E-state index contributed by atoms with van der Waals surface area (Å²) < 4.78 is 0. The summed E-state index contributed by atoms with van der Waals surface area (Å²) >= 11 is 0. The van der Waals surface area contributed by atoms with Crippen LogP contribution in [-0.4, -0.2) is 35.8 Å². The van der Waals surface area contributed by atoms with Gasteiger partial charge >= 0.3 is 0 Å². The Morgan fingerprint density at radius 1 is 1.22 bits per heavy atom. The average molecular weight is 319 g/mol. The minimum absolute atomic E-state index is 0.0145. The van der Waals surface area contributed by atoms with E-state index in [1.807, 2.05) is 6.07 Å². The molecule has 0 unspecified atom stereocenters. The van der Waals surface area contributed by atoms with Gasteiger partial charge in [-0.3, -0.25) is 9.59 Å². The van der Waals surface area contributed by atoms with Crippen LogP contribution in [0.4, 0.5) is 0 Å². The summed E-state index contributed by atoms with van der Waals surface area (Å²) in [5.41, 5.74) is 0.452. The summed E-state index contributed by atoms with van der Waals surface area (Å²) in [7, 11) is 0. The van der Waals surface area contributed by atoms with Crippen molar-refractivity contribution in [3.05, 3.63) is 0 Å². The van der Waals surface area contributed by atoms with Crippen LogP contribution < -0.4 is 5.32 Å². The maximum atomic E-state index is 12.4. The van der Waals surface area contributed by atoms with Crippen molar-refractivity contribution < 1.29 is 9.59 Å². The molecule has 1 aliphatic carbocycles. The van der Waals surface area contributed by atoms with Gasteiger partial charge in [-0.1, -0.05) is 20.3 Å². The molecule has 2 fully saturated rings. The lowest BCUT2D eigenvalue weighted by atomic mass is 9.72. The summed E-state index contributed by atoms with van der Waals surface area (Å²) in [5, 5.41) is 11.8. The highest BCUT2D eigenvalue weighted by molar-refractivity contribution is 5.81. The van der Waals surface area contributed by atoms with Gasteiger partial charge in [0, 0.05) is 25.0 Å². The van der Waals surface area contributed by atoms with Gasteiger partial charge in [0.25, 0.3) is 0 Å². The maximum absolute atomic E-state index is 12.4. The highest BCUT2D eigenvalue weighted by Gasteiger charge is 2.32. The molecule has 2 aliphatic rings. The lowest BCUT2D eigenvalue weighted by Gasteiger charge is -2.38. The molecule has 0 spiro atoms. The fourth-order valence-corrected chi connectivity index (χ4v) is 3.70. The van der Waals surface area contributed by atoms with E-state index in [0.717, 1.165) is 12.8 Å². The molecule has 0 atom stereocenters. The van der Waals surface area contributed by atoms with Crippen molar-refractivity contribution in [2.45, 2.75) is 71.3 Å². The molecule has 0 aromatic rings. The standard InChI is InChI=1S/C18H29N3O2/c1-3-18(2)9-4-15(5-10-18)20-17(23)14-7-12-21(13-8-14)16(22)6-11-19/h14-15H,3-10,12-13H2,1-2H3,(H,20,23). The molecule has 0 aromatic heterocycles. The summed E-state index contributed by atoms with van der Waals surface area (Å²) in [5.74, 6) is 0.0561. The molecule has 1 saturated heterocycles. The van der Waals surface area contributed by atoms with Crippen LogP contribution in [0.3, 0.4) is 0 Å². The molecule has 1 N–H and O–H groups in total. The van der Waals surface area contributed by atoms with Crippen LogP contribution in [0.15, 0.2) is 0 Å². The lowest BCUT2D eigenvalue weighted by molar-refractivity contribution is -0.135. The number of rotatable bonds is 4. The maximum Gasteiger partial charge on any atom is 0.236 e. The molecule has 128 valence electrons. The molecule has 23 heavy (non-hydrogen) atoms. The normalized spacial score (nSPS) is 28.9. The second-order valence-electron chi connectivity index (χ2n) is 7.44. The van der Waals surface area contributed by atoms with Crippen molar-refractivity contribution in [3.63, 3.8) is 0 Å². The van der Waals surface area contributed by atoms with Crippen LogP contribution in [-0.2, 0) is 9.59 Å². The molecular weight excluding hydrogens is 290 g/mol. The van der Waals surface area contributed by atoms with Gasteiger partial charge in [0.05, 0.1) is 6.07 Å². The fourth-order valence-electron chi connectivity index (χ4n) is 3.70. The first kappa shape index (κ1) is 17.8. The van der Waals surface area contributed by atoms with E-state index in [4.69, 9.17) is 5.26 Å². The third kappa shape index (κ3) is 4.70. The Labute approximate surface area is 139 Å². The third-order valence-electron chi connectivity index (χ3n) is 5.84. The van der Waals surface area contributed by atoms with Crippen LogP contribution in [0.1, 0.15) is 65.2 Å². The average Bonchev–Trinajstić information content (AvgIpc) is 2.57. The number of nitrogens with one attached hydrogen (secondary N) is 1. The molecule has 5 heteroatoms. The number of amides is 2. The SMILES string of the molecule is CCC1(C)CCC(NC(=O)C2CCN(C(=O)CC#N)CC2)CC1. The Morgan fingerprint density at radius 3 is 2.35 bits per heavy atom. The molecule has 1 saturated carbocycles. The number of hydrogen-bond acceptors (Lipinski definition) is 3. The van der Waals surface area contributed by atoms with Crippen molar-refractivity contribution in [2.24, 2.45) is 11.3 Å². The lowest BCUT2D eigenvalue weighted by Crippen LogP contribution is -2.46. The van der Waals surface area contributed by atoms with Crippen molar-refractivity contribution >= 4 is 11.8 Å². The predicted molar refractivity (Wildman–Crippen MR) is 88.3 cm³/mol. The van der Waals surface area contributed by atoms with E-state index < -0.39 is 0 Å². The second kappa shape index (κ2) is 7.81. The number of carbonyl (C=O) groups is 2. The molecule has 0 bridgehead atoms. The zero-order valence-corrected chi connectivity index (χ0v) is 14.4. The van der Waals surface area contributed by atoms with Crippen LogP contribution in [0, 0.1) is 22.7 Å². The molecule has 1 heterocycles. The van der Waals surface area contributed by atoms with Crippen molar-refractivity contribution in [2.75, 3.05) is 13.1 Å². The van der Waals surface area contributed by atoms with E-state index in [9.17, 15) is 9.59 Å². The van der Waals surface area contributed by atoms with Crippen LogP contribution in [0.2, 0.25) is 0 Å². The first-order valence-corrected chi connectivity index (χ1v) is 8.92. The number of nitrogens with zero attached hydrogens (tertiary/aromatic N) is 2. The Balaban J connectivity index is 1.74. The molecule has 1 aliphatic heterocycles. The Bertz CT molecular complexity index is 467. The quantitative estimate of drug-likeness (QED) is 0.865. The zero-order valence-electron chi connectivity index (χ0n) is 14.4. The highest BCUT2D eigenvalue weighted by atomic mass is 16.2. The van der Waals surface area contributed by atoms with Gasteiger partial charge in [0.2, 0.25) is 11.8 Å². The summed E-state index contributed by atoms with van der Waals surface area (Å²) in [6.07, 6.45) is 7.11. The van der Waals surface area contributed by atoms with Crippen LogP contribution >= 0.6 is 0 Å². The van der Waals surface area contributed by atoms with Gasteiger partial charge in [-0.15, -0.1) is 0 Å². The van der Waals surface area contributed by atoms with Gasteiger partial charge in [-0.2, -0.15) is 5.26 Å². The van der Waals surface area contributed by atoms with Gasteiger partial charge in [-0.05, 0) is 43.9 Å². The van der Waals surface area contributed by atoms with Crippen molar-refractivity contribution in [1.82, 2.24) is 10.2 Å². The Hall–Kier alpha value is -1.57. The Kier molecular flexibility index (Phi) is 6.04. The van der Waals surface area contributed by atoms with Crippen molar-refractivity contribution in [3.8, 4) is 6.07 Å². The van der Waals surface area contributed by atoms with E-state index in [1.54, 1.807) is 4.90 Å². The third-order valence-corrected chi connectivity index (χ3v) is 5.84. The first-order valence-electron chi connectivity index (χ1n) is 8.92. The topological polar surface area (TPSA) is 73.2 Å². The highest BCUT2D eigenvalue weighted by Crippen LogP contribution is 2.38. The summed E-state index contributed by atoms with van der Waals surface area (Å²) in [4.78, 5) is 25.8. The second-order valence-corrected chi connectivity index (χ2v) is 7.44. The van der Waals surface area contributed by atoms with Gasteiger partial charge in [0.15, 0.2) is 0 Å². The van der Waals surface area contributed by atoms with E-state index in [-0.39, 0.29) is 24.2 Å². The van der Waals surface area contributed by atoms with E-state index in [1.165, 1.54) is 19.3 Å². The predicted octanol–water partition coefficient (Wildman–Crippen LogP) is 2.61. The molecule has 0 radical (unpaired) electrons. The van der Waals surface area contributed by atoms with Crippen LogP contribution in [0.25, 0.3) is 0 Å². The monoisotopic (exact) mass is 319 g/mol.